The number of fused-ring (bicyclic) bond motifs is 3. The fraction of sp³-hybridized carbons (Fsp3) is 0.136. The number of halogens is 1. The van der Waals surface area contributed by atoms with Crippen LogP contribution in [0, 0.1) is 3.57 Å². The Morgan fingerprint density at radius 2 is 1.55 bits per heavy atom. The molecule has 1 aliphatic carbocycles. The molecule has 1 aliphatic heterocycles. The molecule has 6 nitrogen and oxygen atoms in total. The number of aromatic nitrogens is 2. The molecule has 0 spiro atoms. The zero-order valence-electron chi connectivity index (χ0n) is 15.7. The molecule has 0 fully saturated rings. The number of anilines is 1. The van der Waals surface area contributed by atoms with Crippen molar-refractivity contribution in [2.45, 2.75) is 5.92 Å². The van der Waals surface area contributed by atoms with Crippen molar-refractivity contribution >= 4 is 39.9 Å². The third kappa shape index (κ3) is 2.43. The highest BCUT2D eigenvalue weighted by atomic mass is 127. The van der Waals surface area contributed by atoms with Crippen LogP contribution in [0.4, 0.5) is 5.82 Å². The topological polar surface area (TPSA) is 73.1 Å². The number of nitrogens with one attached hydrogen (secondary N) is 1. The molecule has 29 heavy (non-hydrogen) atoms. The van der Waals surface area contributed by atoms with Crippen molar-refractivity contribution in [1.82, 2.24) is 9.13 Å². The van der Waals surface area contributed by atoms with Crippen LogP contribution in [0.3, 0.4) is 0 Å². The van der Waals surface area contributed by atoms with Gasteiger partial charge in [0.2, 0.25) is 0 Å². The number of ketones is 1. The van der Waals surface area contributed by atoms with E-state index < -0.39 is 17.2 Å². The fourth-order valence-electron chi connectivity index (χ4n) is 4.25. The van der Waals surface area contributed by atoms with E-state index >= 15 is 0 Å². The van der Waals surface area contributed by atoms with E-state index in [9.17, 15) is 14.4 Å². The predicted molar refractivity (Wildman–Crippen MR) is 119 cm³/mol. The molecule has 144 valence electrons. The summed E-state index contributed by atoms with van der Waals surface area (Å²) in [6.07, 6.45) is 0. The normalized spacial score (nSPS) is 16.9. The summed E-state index contributed by atoms with van der Waals surface area (Å²) < 4.78 is 3.59. The number of Topliss-reactive ketones (excluding diaryl/α,β-unsaturated/α-hetero) is 1. The zero-order chi connectivity index (χ0) is 20.4. The molecule has 0 amide bonds. The second-order valence-electron chi connectivity index (χ2n) is 7.24. The van der Waals surface area contributed by atoms with Gasteiger partial charge in [-0.25, -0.2) is 4.79 Å². The van der Waals surface area contributed by atoms with Gasteiger partial charge in [0.15, 0.2) is 5.78 Å². The fourth-order valence-corrected chi connectivity index (χ4v) is 4.61. The molecule has 2 aliphatic rings. The maximum absolute atomic E-state index is 13.4. The van der Waals surface area contributed by atoms with Gasteiger partial charge in [-0.1, -0.05) is 36.4 Å². The Balaban J connectivity index is 1.89. The molecule has 0 saturated heterocycles. The lowest BCUT2D eigenvalue weighted by molar-refractivity contribution is 0.103. The molecule has 0 bridgehead atoms. The van der Waals surface area contributed by atoms with Gasteiger partial charge >= 0.3 is 5.69 Å². The average Bonchev–Trinajstić information content (AvgIpc) is 3.02. The highest BCUT2D eigenvalue weighted by Crippen LogP contribution is 2.47. The lowest BCUT2D eigenvalue weighted by Crippen LogP contribution is -2.42. The van der Waals surface area contributed by atoms with Gasteiger partial charge in [0.25, 0.3) is 5.56 Å². The van der Waals surface area contributed by atoms with Gasteiger partial charge in [0, 0.05) is 40.3 Å². The standard InChI is InChI=1S/C22H16IN3O3/c1-25-20-17(21(28)26(2)22(25)29)15(11-7-9-12(23)10-8-11)16-18(24-20)13-5-3-4-6-14(13)19(16)27/h3-10,15,24H,1-2H3/t15-/m1/s1. The minimum atomic E-state index is -0.552. The molecular weight excluding hydrogens is 481 g/mol. The van der Waals surface area contributed by atoms with Crippen molar-refractivity contribution in [3.05, 3.63) is 101 Å². The first-order chi connectivity index (χ1) is 13.9. The lowest BCUT2D eigenvalue weighted by Gasteiger charge is -2.29. The molecule has 2 aromatic carbocycles. The van der Waals surface area contributed by atoms with E-state index in [-0.39, 0.29) is 5.78 Å². The SMILES string of the molecule is Cn1c2c(c(=O)n(C)c1=O)[C@H](c1ccc(I)cc1)C1=C(N2)c2ccccc2C1=O. The number of hydrogen-bond acceptors (Lipinski definition) is 4. The van der Waals surface area contributed by atoms with Crippen LogP contribution in [0.1, 0.15) is 33.0 Å². The second kappa shape index (κ2) is 6.28. The molecule has 0 saturated carbocycles. The number of carbonyl (C=O) groups is 1. The Kier molecular flexibility index (Phi) is 3.92. The molecular formula is C22H16IN3O3. The van der Waals surface area contributed by atoms with Gasteiger partial charge in [0.1, 0.15) is 5.82 Å². The molecule has 2 heterocycles. The van der Waals surface area contributed by atoms with E-state index in [4.69, 9.17) is 0 Å². The smallest absolute Gasteiger partial charge is 0.332 e. The Labute approximate surface area is 179 Å². The quantitative estimate of drug-likeness (QED) is 0.525. The van der Waals surface area contributed by atoms with E-state index in [1.54, 1.807) is 13.1 Å². The van der Waals surface area contributed by atoms with Crippen LogP contribution in [0.25, 0.3) is 5.70 Å². The Morgan fingerprint density at radius 3 is 2.24 bits per heavy atom. The molecule has 1 atom stereocenters. The third-order valence-electron chi connectivity index (χ3n) is 5.68. The maximum atomic E-state index is 13.4. The number of hydrogen-bond donors (Lipinski definition) is 1. The van der Waals surface area contributed by atoms with Crippen molar-refractivity contribution in [3.8, 4) is 0 Å². The summed E-state index contributed by atoms with van der Waals surface area (Å²) in [5.41, 5.74) is 3.07. The van der Waals surface area contributed by atoms with E-state index in [1.807, 2.05) is 42.5 Å². The largest absolute Gasteiger partial charge is 0.340 e. The molecule has 7 heteroatoms. The Hall–Kier alpha value is -2.94. The van der Waals surface area contributed by atoms with Crippen LogP contribution in [0.15, 0.2) is 63.7 Å². The minimum absolute atomic E-state index is 0.0896. The molecule has 3 aromatic rings. The second-order valence-corrected chi connectivity index (χ2v) is 8.49. The first kappa shape index (κ1) is 18.1. The van der Waals surface area contributed by atoms with E-state index in [1.165, 1.54) is 11.6 Å². The summed E-state index contributed by atoms with van der Waals surface area (Å²) >= 11 is 2.22. The van der Waals surface area contributed by atoms with Gasteiger partial charge in [-0.3, -0.25) is 18.7 Å². The van der Waals surface area contributed by atoms with Gasteiger partial charge in [-0.15, -0.1) is 0 Å². The molecule has 5 rings (SSSR count). The first-order valence-electron chi connectivity index (χ1n) is 9.10. The number of rotatable bonds is 1. The Morgan fingerprint density at radius 1 is 0.897 bits per heavy atom. The van der Waals surface area contributed by atoms with Crippen LogP contribution < -0.4 is 16.6 Å². The van der Waals surface area contributed by atoms with E-state index in [0.29, 0.717) is 28.2 Å². The van der Waals surface area contributed by atoms with Crippen LogP contribution in [0.2, 0.25) is 0 Å². The molecule has 1 aromatic heterocycles. The highest BCUT2D eigenvalue weighted by molar-refractivity contribution is 14.1. The van der Waals surface area contributed by atoms with Gasteiger partial charge in [-0.2, -0.15) is 0 Å². The average molecular weight is 497 g/mol. The van der Waals surface area contributed by atoms with Crippen molar-refractivity contribution in [1.29, 1.82) is 0 Å². The van der Waals surface area contributed by atoms with Gasteiger partial charge < -0.3 is 5.32 Å². The van der Waals surface area contributed by atoms with Crippen LogP contribution in [0.5, 0.6) is 0 Å². The molecule has 0 radical (unpaired) electrons. The number of nitrogens with zero attached hydrogens (tertiary/aromatic N) is 2. The number of allylic oxidation sites excluding steroid dienone is 1. The van der Waals surface area contributed by atoms with Crippen molar-refractivity contribution < 1.29 is 4.79 Å². The van der Waals surface area contributed by atoms with Gasteiger partial charge in [0.05, 0.1) is 11.3 Å². The summed E-state index contributed by atoms with van der Waals surface area (Å²) in [4.78, 5) is 39.1. The van der Waals surface area contributed by atoms with Crippen molar-refractivity contribution in [2.24, 2.45) is 14.1 Å². The van der Waals surface area contributed by atoms with Crippen LogP contribution >= 0.6 is 22.6 Å². The van der Waals surface area contributed by atoms with Crippen LogP contribution in [-0.4, -0.2) is 14.9 Å². The Bertz CT molecular complexity index is 1360. The van der Waals surface area contributed by atoms with E-state index in [0.717, 1.165) is 19.3 Å². The summed E-state index contributed by atoms with van der Waals surface area (Å²) in [5, 5.41) is 3.24. The molecule has 0 unspecified atom stereocenters. The van der Waals surface area contributed by atoms with Crippen molar-refractivity contribution in [3.63, 3.8) is 0 Å². The summed E-state index contributed by atoms with van der Waals surface area (Å²) in [6, 6.07) is 15.2. The van der Waals surface area contributed by atoms with E-state index in [2.05, 4.69) is 27.9 Å². The first-order valence-corrected chi connectivity index (χ1v) is 10.2. The lowest BCUT2D eigenvalue weighted by atomic mass is 9.81. The maximum Gasteiger partial charge on any atom is 0.332 e. The third-order valence-corrected chi connectivity index (χ3v) is 6.40. The number of carbonyl (C=O) groups excluding carboxylic acids is 1. The predicted octanol–water partition coefficient (Wildman–Crippen LogP) is 2.85. The van der Waals surface area contributed by atoms with Crippen LogP contribution in [-0.2, 0) is 14.1 Å². The minimum Gasteiger partial charge on any atom is -0.340 e. The molecule has 1 N–H and O–H groups in total. The monoisotopic (exact) mass is 497 g/mol. The highest BCUT2D eigenvalue weighted by Gasteiger charge is 2.42. The van der Waals surface area contributed by atoms with Gasteiger partial charge in [-0.05, 0) is 40.3 Å². The summed E-state index contributed by atoms with van der Waals surface area (Å²) in [5.74, 6) is -0.207. The summed E-state index contributed by atoms with van der Waals surface area (Å²) in [6.45, 7) is 0. The number of benzene rings is 2. The summed E-state index contributed by atoms with van der Waals surface area (Å²) in [7, 11) is 3.10. The van der Waals surface area contributed by atoms with Crippen molar-refractivity contribution in [2.75, 3.05) is 5.32 Å². The zero-order valence-corrected chi connectivity index (χ0v) is 17.9.